The minimum Gasteiger partial charge on any atom is -0.494 e. The summed E-state index contributed by atoms with van der Waals surface area (Å²) in [7, 11) is 0. The molecular weight excluding hydrogens is 390 g/mol. The van der Waals surface area contributed by atoms with Crippen molar-refractivity contribution >= 4 is 22.7 Å². The number of aryl methyl sites for hydroxylation is 1. The summed E-state index contributed by atoms with van der Waals surface area (Å²) in [5, 5.41) is 7.05. The van der Waals surface area contributed by atoms with E-state index in [0.717, 1.165) is 13.0 Å². The first-order valence-electron chi connectivity index (χ1n) is 10.8. The molecule has 2 aromatic carbocycles. The van der Waals surface area contributed by atoms with Crippen molar-refractivity contribution in [1.29, 1.82) is 0 Å². The number of benzene rings is 2. The molecule has 1 aromatic heterocycles. The van der Waals surface area contributed by atoms with Gasteiger partial charge in [-0.3, -0.25) is 9.59 Å². The van der Waals surface area contributed by atoms with Gasteiger partial charge in [-0.05, 0) is 61.0 Å². The highest BCUT2D eigenvalue weighted by molar-refractivity contribution is 5.97. The first-order valence-corrected chi connectivity index (χ1v) is 10.8. The van der Waals surface area contributed by atoms with Crippen LogP contribution in [-0.2, 0) is 11.3 Å². The number of rotatable bonds is 10. The lowest BCUT2D eigenvalue weighted by Gasteiger charge is -2.22. The standard InChI is InChI=1S/C25H31N3O3/c1-4-31-21-12-10-20(11-13-21)24(29)27-23(18(2)3)25(30)26-15-7-16-28-17-14-19-8-5-6-9-22(19)28/h5-6,8-14,17-18,23H,4,7,15-16H2,1-3H3,(H,26,30)(H,27,29)/t23-/m0/s1. The van der Waals surface area contributed by atoms with Crippen LogP contribution in [0.5, 0.6) is 5.75 Å². The van der Waals surface area contributed by atoms with E-state index in [2.05, 4.69) is 39.6 Å². The number of ether oxygens (including phenoxy) is 1. The Hall–Kier alpha value is -3.28. The molecule has 1 heterocycles. The van der Waals surface area contributed by atoms with Crippen LogP contribution in [0.3, 0.4) is 0 Å². The third-order valence-corrected chi connectivity index (χ3v) is 5.22. The summed E-state index contributed by atoms with van der Waals surface area (Å²) in [6.07, 6.45) is 2.88. The third kappa shape index (κ3) is 5.87. The Morgan fingerprint density at radius 2 is 1.77 bits per heavy atom. The summed E-state index contributed by atoms with van der Waals surface area (Å²) in [6, 6.07) is 16.7. The topological polar surface area (TPSA) is 72.4 Å². The molecule has 2 N–H and O–H groups in total. The van der Waals surface area contributed by atoms with Gasteiger partial charge in [0.15, 0.2) is 0 Å². The number of nitrogens with zero attached hydrogens (tertiary/aromatic N) is 1. The molecular formula is C25H31N3O3. The Kier molecular flexibility index (Phi) is 7.70. The molecule has 0 spiro atoms. The smallest absolute Gasteiger partial charge is 0.251 e. The molecule has 1 atom stereocenters. The monoisotopic (exact) mass is 421 g/mol. The van der Waals surface area contributed by atoms with E-state index in [-0.39, 0.29) is 17.7 Å². The largest absolute Gasteiger partial charge is 0.494 e. The molecule has 31 heavy (non-hydrogen) atoms. The van der Waals surface area contributed by atoms with Crippen LogP contribution in [0.2, 0.25) is 0 Å². The zero-order chi connectivity index (χ0) is 22.2. The average molecular weight is 422 g/mol. The van der Waals surface area contributed by atoms with Crippen LogP contribution in [0.4, 0.5) is 0 Å². The predicted molar refractivity (Wildman–Crippen MR) is 123 cm³/mol. The number of hydrogen-bond donors (Lipinski definition) is 2. The molecule has 6 nitrogen and oxygen atoms in total. The van der Waals surface area contributed by atoms with Crippen LogP contribution in [0.25, 0.3) is 10.9 Å². The fourth-order valence-electron chi connectivity index (χ4n) is 3.54. The summed E-state index contributed by atoms with van der Waals surface area (Å²) in [6.45, 7) is 7.70. The van der Waals surface area contributed by atoms with Gasteiger partial charge < -0.3 is 19.9 Å². The summed E-state index contributed by atoms with van der Waals surface area (Å²) in [5.41, 5.74) is 1.69. The maximum Gasteiger partial charge on any atom is 0.251 e. The van der Waals surface area contributed by atoms with Gasteiger partial charge in [0.25, 0.3) is 5.91 Å². The van der Waals surface area contributed by atoms with Crippen LogP contribution < -0.4 is 15.4 Å². The second-order valence-corrected chi connectivity index (χ2v) is 7.87. The van der Waals surface area contributed by atoms with E-state index in [9.17, 15) is 9.59 Å². The molecule has 0 saturated carbocycles. The van der Waals surface area contributed by atoms with Gasteiger partial charge in [-0.25, -0.2) is 0 Å². The molecule has 0 bridgehead atoms. The number of aromatic nitrogens is 1. The van der Waals surface area contributed by atoms with E-state index < -0.39 is 6.04 Å². The number of amides is 2. The normalized spacial score (nSPS) is 12.0. The second kappa shape index (κ2) is 10.7. The van der Waals surface area contributed by atoms with E-state index in [4.69, 9.17) is 4.74 Å². The van der Waals surface area contributed by atoms with Crippen LogP contribution in [0.15, 0.2) is 60.8 Å². The number of carbonyl (C=O) groups excluding carboxylic acids is 2. The summed E-state index contributed by atoms with van der Waals surface area (Å²) < 4.78 is 7.60. The maximum atomic E-state index is 12.7. The maximum absolute atomic E-state index is 12.7. The number of carbonyl (C=O) groups is 2. The molecule has 164 valence electrons. The molecule has 0 aliphatic heterocycles. The summed E-state index contributed by atoms with van der Waals surface area (Å²) in [4.78, 5) is 25.3. The van der Waals surface area contributed by atoms with Gasteiger partial charge >= 0.3 is 0 Å². The molecule has 3 aromatic rings. The number of hydrogen-bond acceptors (Lipinski definition) is 3. The average Bonchev–Trinajstić information content (AvgIpc) is 3.18. The van der Waals surface area contributed by atoms with Crippen molar-refractivity contribution in [2.45, 2.75) is 39.8 Å². The molecule has 0 aliphatic carbocycles. The van der Waals surface area contributed by atoms with Crippen LogP contribution in [0.1, 0.15) is 37.6 Å². The lowest BCUT2D eigenvalue weighted by atomic mass is 10.0. The van der Waals surface area contributed by atoms with E-state index in [1.165, 1.54) is 10.9 Å². The lowest BCUT2D eigenvalue weighted by Crippen LogP contribution is -2.49. The summed E-state index contributed by atoms with van der Waals surface area (Å²) >= 11 is 0. The van der Waals surface area contributed by atoms with Gasteiger partial charge in [0.1, 0.15) is 11.8 Å². The molecule has 0 fully saturated rings. The molecule has 6 heteroatoms. The first-order chi connectivity index (χ1) is 15.0. The fraction of sp³-hybridized carbons (Fsp3) is 0.360. The van der Waals surface area contributed by atoms with Crippen LogP contribution >= 0.6 is 0 Å². The Morgan fingerprint density at radius 1 is 1.03 bits per heavy atom. The van der Waals surface area contributed by atoms with Crippen LogP contribution in [-0.4, -0.2) is 35.6 Å². The highest BCUT2D eigenvalue weighted by Crippen LogP contribution is 2.15. The van der Waals surface area contributed by atoms with Crippen molar-refractivity contribution in [3.05, 3.63) is 66.4 Å². The Morgan fingerprint density at radius 3 is 2.48 bits per heavy atom. The number of para-hydroxylation sites is 1. The van der Waals surface area contributed by atoms with Gasteiger partial charge in [0.05, 0.1) is 6.61 Å². The Bertz CT molecular complexity index is 1010. The highest BCUT2D eigenvalue weighted by Gasteiger charge is 2.24. The van der Waals surface area contributed by atoms with Crippen molar-refractivity contribution in [2.24, 2.45) is 5.92 Å². The zero-order valence-corrected chi connectivity index (χ0v) is 18.4. The van der Waals surface area contributed by atoms with E-state index in [1.807, 2.05) is 32.9 Å². The zero-order valence-electron chi connectivity index (χ0n) is 18.4. The van der Waals surface area contributed by atoms with Crippen molar-refractivity contribution in [2.75, 3.05) is 13.2 Å². The predicted octanol–water partition coefficient (Wildman–Crippen LogP) is 4.00. The minimum absolute atomic E-state index is 0.0277. The van der Waals surface area contributed by atoms with E-state index in [0.29, 0.717) is 24.5 Å². The third-order valence-electron chi connectivity index (χ3n) is 5.22. The first kappa shape index (κ1) is 22.4. The number of fused-ring (bicyclic) bond motifs is 1. The molecule has 0 unspecified atom stereocenters. The SMILES string of the molecule is CCOc1ccc(C(=O)N[C@H](C(=O)NCCCn2ccc3ccccc32)C(C)C)cc1. The van der Waals surface area contributed by atoms with Gasteiger partial charge in [-0.1, -0.05) is 32.0 Å². The van der Waals surface area contributed by atoms with Crippen molar-refractivity contribution < 1.29 is 14.3 Å². The molecule has 0 aliphatic rings. The summed E-state index contributed by atoms with van der Waals surface area (Å²) in [5.74, 6) is 0.259. The van der Waals surface area contributed by atoms with E-state index >= 15 is 0 Å². The molecule has 2 amide bonds. The molecule has 3 rings (SSSR count). The lowest BCUT2D eigenvalue weighted by molar-refractivity contribution is -0.123. The Labute approximate surface area is 183 Å². The quantitative estimate of drug-likeness (QED) is 0.486. The van der Waals surface area contributed by atoms with Gasteiger partial charge in [0, 0.05) is 30.4 Å². The van der Waals surface area contributed by atoms with Crippen molar-refractivity contribution in [1.82, 2.24) is 15.2 Å². The minimum atomic E-state index is -0.591. The molecule has 0 saturated heterocycles. The molecule has 0 radical (unpaired) electrons. The highest BCUT2D eigenvalue weighted by atomic mass is 16.5. The number of nitrogens with one attached hydrogen (secondary N) is 2. The van der Waals surface area contributed by atoms with Crippen LogP contribution in [0, 0.1) is 5.92 Å². The fourth-order valence-corrected chi connectivity index (χ4v) is 3.54. The van der Waals surface area contributed by atoms with Gasteiger partial charge in [-0.15, -0.1) is 0 Å². The Balaban J connectivity index is 1.50. The van der Waals surface area contributed by atoms with Crippen molar-refractivity contribution in [3.63, 3.8) is 0 Å². The van der Waals surface area contributed by atoms with E-state index in [1.54, 1.807) is 24.3 Å². The second-order valence-electron chi connectivity index (χ2n) is 7.87. The van der Waals surface area contributed by atoms with Crippen molar-refractivity contribution in [3.8, 4) is 5.75 Å². The van der Waals surface area contributed by atoms with Gasteiger partial charge in [-0.2, -0.15) is 0 Å². The van der Waals surface area contributed by atoms with Gasteiger partial charge in [0.2, 0.25) is 5.91 Å².